The summed E-state index contributed by atoms with van der Waals surface area (Å²) in [6.45, 7) is 9.61. The van der Waals surface area contributed by atoms with Gasteiger partial charge in [-0.2, -0.15) is 0 Å². The summed E-state index contributed by atoms with van der Waals surface area (Å²) < 4.78 is 5.63. The van der Waals surface area contributed by atoms with Crippen molar-refractivity contribution in [1.82, 2.24) is 4.90 Å². The lowest BCUT2D eigenvalue weighted by Gasteiger charge is -2.32. The van der Waals surface area contributed by atoms with E-state index in [9.17, 15) is 4.79 Å². The van der Waals surface area contributed by atoms with Gasteiger partial charge in [0.1, 0.15) is 5.60 Å². The Balaban J connectivity index is 2.10. The number of hydrogen-bond acceptors (Lipinski definition) is 2. The molecule has 0 fully saturated rings. The van der Waals surface area contributed by atoms with Gasteiger partial charge in [-0.05, 0) is 69.6 Å². The van der Waals surface area contributed by atoms with Gasteiger partial charge < -0.3 is 9.64 Å². The second-order valence-electron chi connectivity index (χ2n) is 8.67. The number of benzene rings is 2. The van der Waals surface area contributed by atoms with E-state index in [0.717, 1.165) is 37.7 Å². The number of likely N-dealkylation sites (N-methyl/N-ethyl adjacent to an activating group) is 1. The summed E-state index contributed by atoms with van der Waals surface area (Å²) in [5, 5.41) is 0. The standard InChI is InChI=1S/C27H35NO2/c1-6-24(19-13-18-22-14-9-7-10-15-22)25(21-20-23-16-11-8-12-17-23)28(5)26(29)30-27(2,3)4/h7-12,14-17,25H,1,13,18-21H2,2-5H3. The Kier molecular flexibility index (Phi) is 8.95. The molecule has 1 atom stereocenters. The fourth-order valence-corrected chi connectivity index (χ4v) is 3.51. The Morgan fingerprint density at radius 1 is 1.00 bits per heavy atom. The highest BCUT2D eigenvalue weighted by molar-refractivity contribution is 5.68. The van der Waals surface area contributed by atoms with Crippen LogP contribution in [0.3, 0.4) is 0 Å². The van der Waals surface area contributed by atoms with E-state index in [4.69, 9.17) is 4.74 Å². The molecule has 30 heavy (non-hydrogen) atoms. The van der Waals surface area contributed by atoms with Gasteiger partial charge >= 0.3 is 6.09 Å². The van der Waals surface area contributed by atoms with Crippen LogP contribution in [-0.2, 0) is 17.6 Å². The number of ether oxygens (including phenoxy) is 1. The zero-order valence-electron chi connectivity index (χ0n) is 18.9. The predicted octanol–water partition coefficient (Wildman–Crippen LogP) is 6.59. The summed E-state index contributed by atoms with van der Waals surface area (Å²) in [6.07, 6.45) is 4.21. The second-order valence-corrected chi connectivity index (χ2v) is 8.67. The monoisotopic (exact) mass is 405 g/mol. The van der Waals surface area contributed by atoms with Gasteiger partial charge in [0.2, 0.25) is 0 Å². The van der Waals surface area contributed by atoms with Gasteiger partial charge in [-0.1, -0.05) is 67.2 Å². The average molecular weight is 406 g/mol. The van der Waals surface area contributed by atoms with Crippen LogP contribution in [0.4, 0.5) is 4.79 Å². The fraction of sp³-hybridized carbons (Fsp3) is 0.407. The number of nitrogens with zero attached hydrogens (tertiary/aromatic N) is 1. The fourth-order valence-electron chi connectivity index (χ4n) is 3.51. The van der Waals surface area contributed by atoms with Crippen LogP contribution in [0.25, 0.3) is 0 Å². The van der Waals surface area contributed by atoms with E-state index in [-0.39, 0.29) is 12.1 Å². The van der Waals surface area contributed by atoms with Crippen LogP contribution >= 0.6 is 0 Å². The Morgan fingerprint density at radius 3 is 2.03 bits per heavy atom. The molecule has 0 aromatic heterocycles. The van der Waals surface area contributed by atoms with Gasteiger partial charge in [0.15, 0.2) is 0 Å². The summed E-state index contributed by atoms with van der Waals surface area (Å²) in [6, 6.07) is 20.7. The summed E-state index contributed by atoms with van der Waals surface area (Å²) in [5.41, 5.74) is 6.26. The minimum absolute atomic E-state index is 0.0895. The number of carbonyl (C=O) groups excluding carboxylic acids is 1. The SMILES string of the molecule is C=C=C(CCCc1ccccc1)C(CCc1ccccc1)N(C)C(=O)OC(C)(C)C. The number of aryl methyl sites for hydroxylation is 2. The van der Waals surface area contributed by atoms with Crippen molar-refractivity contribution in [1.29, 1.82) is 0 Å². The lowest BCUT2D eigenvalue weighted by Crippen LogP contribution is -2.42. The first-order chi connectivity index (χ1) is 14.3. The van der Waals surface area contributed by atoms with Gasteiger partial charge in [-0.15, -0.1) is 5.73 Å². The molecule has 160 valence electrons. The molecule has 0 N–H and O–H groups in total. The molecule has 3 heteroatoms. The van der Waals surface area contributed by atoms with E-state index < -0.39 is 5.60 Å². The molecule has 2 aromatic carbocycles. The maximum atomic E-state index is 12.8. The third-order valence-corrected chi connectivity index (χ3v) is 5.08. The van der Waals surface area contributed by atoms with Crippen LogP contribution in [0.5, 0.6) is 0 Å². The molecule has 3 nitrogen and oxygen atoms in total. The van der Waals surface area contributed by atoms with Gasteiger partial charge in [0.25, 0.3) is 0 Å². The molecule has 0 bridgehead atoms. The highest BCUT2D eigenvalue weighted by atomic mass is 16.6. The van der Waals surface area contributed by atoms with Crippen molar-refractivity contribution in [3.63, 3.8) is 0 Å². The van der Waals surface area contributed by atoms with Crippen LogP contribution in [0.2, 0.25) is 0 Å². The lowest BCUT2D eigenvalue weighted by atomic mass is 9.94. The molecule has 0 aliphatic rings. The molecule has 0 spiro atoms. The van der Waals surface area contributed by atoms with Crippen molar-refractivity contribution >= 4 is 6.09 Å². The number of rotatable bonds is 9. The van der Waals surface area contributed by atoms with Crippen LogP contribution < -0.4 is 0 Å². The molecule has 0 aliphatic heterocycles. The van der Waals surface area contributed by atoms with Crippen molar-refractivity contribution in [2.24, 2.45) is 0 Å². The van der Waals surface area contributed by atoms with Gasteiger partial charge in [0, 0.05) is 7.05 Å². The van der Waals surface area contributed by atoms with E-state index in [2.05, 4.69) is 48.7 Å². The highest BCUT2D eigenvalue weighted by Crippen LogP contribution is 2.23. The average Bonchev–Trinajstić information content (AvgIpc) is 2.72. The van der Waals surface area contributed by atoms with Gasteiger partial charge in [-0.3, -0.25) is 0 Å². The molecule has 0 aliphatic carbocycles. The molecule has 1 unspecified atom stereocenters. The Bertz CT molecular complexity index is 830. The van der Waals surface area contributed by atoms with Crippen LogP contribution in [-0.4, -0.2) is 29.7 Å². The normalized spacial score (nSPS) is 12.0. The van der Waals surface area contributed by atoms with Gasteiger partial charge in [0.05, 0.1) is 6.04 Å². The Hall–Kier alpha value is -2.77. The van der Waals surface area contributed by atoms with Crippen molar-refractivity contribution in [2.75, 3.05) is 7.05 Å². The van der Waals surface area contributed by atoms with E-state index in [0.29, 0.717) is 0 Å². The first-order valence-electron chi connectivity index (χ1n) is 10.7. The van der Waals surface area contributed by atoms with Crippen molar-refractivity contribution < 1.29 is 9.53 Å². The Morgan fingerprint density at radius 2 is 1.53 bits per heavy atom. The van der Waals surface area contributed by atoms with Gasteiger partial charge in [-0.25, -0.2) is 4.79 Å². The first-order valence-corrected chi connectivity index (χ1v) is 10.7. The third kappa shape index (κ3) is 7.93. The molecule has 2 rings (SSSR count). The molecule has 2 aromatic rings. The lowest BCUT2D eigenvalue weighted by molar-refractivity contribution is 0.0240. The molecule has 1 amide bonds. The summed E-state index contributed by atoms with van der Waals surface area (Å²) in [7, 11) is 1.82. The van der Waals surface area contributed by atoms with Crippen LogP contribution in [0.15, 0.2) is 78.5 Å². The van der Waals surface area contributed by atoms with Crippen molar-refractivity contribution in [3.05, 3.63) is 89.7 Å². The first kappa shape index (κ1) is 23.5. The third-order valence-electron chi connectivity index (χ3n) is 5.08. The predicted molar refractivity (Wildman–Crippen MR) is 125 cm³/mol. The van der Waals surface area contributed by atoms with E-state index >= 15 is 0 Å². The van der Waals surface area contributed by atoms with E-state index in [1.807, 2.05) is 52.1 Å². The second kappa shape index (κ2) is 11.4. The molecular formula is C27H35NO2. The summed E-state index contributed by atoms with van der Waals surface area (Å²) >= 11 is 0. The number of hydrogen-bond donors (Lipinski definition) is 0. The minimum Gasteiger partial charge on any atom is -0.444 e. The topological polar surface area (TPSA) is 29.5 Å². The summed E-state index contributed by atoms with van der Waals surface area (Å²) in [5.74, 6) is 0. The zero-order chi connectivity index (χ0) is 22.0. The number of carbonyl (C=O) groups is 1. The zero-order valence-corrected chi connectivity index (χ0v) is 18.9. The van der Waals surface area contributed by atoms with Crippen LogP contribution in [0.1, 0.15) is 51.2 Å². The number of amides is 1. The maximum Gasteiger partial charge on any atom is 0.410 e. The minimum atomic E-state index is -0.527. The molecule has 0 saturated heterocycles. The van der Waals surface area contributed by atoms with Crippen LogP contribution in [0, 0.1) is 0 Å². The van der Waals surface area contributed by atoms with Crippen molar-refractivity contribution in [3.8, 4) is 0 Å². The smallest absolute Gasteiger partial charge is 0.410 e. The molecule has 0 saturated carbocycles. The largest absolute Gasteiger partial charge is 0.444 e. The van der Waals surface area contributed by atoms with Crippen molar-refractivity contribution in [2.45, 2.75) is 64.5 Å². The quantitative estimate of drug-likeness (QED) is 0.441. The molecule has 0 radical (unpaired) electrons. The summed E-state index contributed by atoms with van der Waals surface area (Å²) in [4.78, 5) is 14.5. The molecule has 0 heterocycles. The maximum absolute atomic E-state index is 12.8. The Labute approximate surface area is 182 Å². The van der Waals surface area contributed by atoms with E-state index in [1.54, 1.807) is 4.90 Å². The highest BCUT2D eigenvalue weighted by Gasteiger charge is 2.27. The van der Waals surface area contributed by atoms with E-state index in [1.165, 1.54) is 11.1 Å². The molecular weight excluding hydrogens is 370 g/mol.